The molecule has 2 atom stereocenters. The van der Waals surface area contributed by atoms with E-state index in [9.17, 15) is 23.7 Å². The molecule has 6 nitrogen and oxygen atoms in total. The number of non-ortho nitro benzene ring substituents is 1. The number of hydrogen-bond donors (Lipinski definition) is 2. The third-order valence-electron chi connectivity index (χ3n) is 3.02. The lowest BCUT2D eigenvalue weighted by Gasteiger charge is -2.21. The van der Waals surface area contributed by atoms with E-state index < -0.39 is 39.9 Å². The molecule has 20 heavy (non-hydrogen) atoms. The third-order valence-corrected chi connectivity index (χ3v) is 3.02. The summed E-state index contributed by atoms with van der Waals surface area (Å²) < 4.78 is 27.3. The predicted octanol–water partition coefficient (Wildman–Crippen LogP) is 2.78. The lowest BCUT2D eigenvalue weighted by molar-refractivity contribution is -0.385. The monoisotopic (exact) mass is 288 g/mol. The number of carbonyl (C=O) groups is 1. The van der Waals surface area contributed by atoms with Crippen molar-refractivity contribution in [1.82, 2.24) is 0 Å². The molecule has 0 aliphatic heterocycles. The van der Waals surface area contributed by atoms with Gasteiger partial charge in [0.25, 0.3) is 5.69 Å². The summed E-state index contributed by atoms with van der Waals surface area (Å²) in [5.74, 6) is -4.03. The Kier molecular flexibility index (Phi) is 4.95. The molecule has 0 fully saturated rings. The summed E-state index contributed by atoms with van der Waals surface area (Å²) in [5.41, 5.74) is -1.41. The molecule has 0 aliphatic carbocycles. The maximum atomic E-state index is 13.7. The molecule has 1 rings (SSSR count). The molecular weight excluding hydrogens is 274 g/mol. The second-order valence-electron chi connectivity index (χ2n) is 4.39. The van der Waals surface area contributed by atoms with Crippen molar-refractivity contribution >= 4 is 17.3 Å². The second kappa shape index (κ2) is 6.27. The van der Waals surface area contributed by atoms with E-state index >= 15 is 0 Å². The summed E-state index contributed by atoms with van der Waals surface area (Å²) in [5, 5.41) is 21.8. The van der Waals surface area contributed by atoms with Gasteiger partial charge in [0.15, 0.2) is 11.6 Å². The largest absolute Gasteiger partial charge is 0.480 e. The van der Waals surface area contributed by atoms with Crippen molar-refractivity contribution in [3.05, 3.63) is 33.9 Å². The quantitative estimate of drug-likeness (QED) is 0.620. The average molecular weight is 288 g/mol. The minimum Gasteiger partial charge on any atom is -0.480 e. The van der Waals surface area contributed by atoms with Gasteiger partial charge in [0.2, 0.25) is 0 Å². The molecule has 0 spiro atoms. The third kappa shape index (κ3) is 3.40. The van der Waals surface area contributed by atoms with Crippen molar-refractivity contribution in [1.29, 1.82) is 0 Å². The summed E-state index contributed by atoms with van der Waals surface area (Å²) in [6.45, 7) is 3.36. The first-order valence-corrected chi connectivity index (χ1v) is 5.90. The topological polar surface area (TPSA) is 92.5 Å². The molecule has 110 valence electrons. The van der Waals surface area contributed by atoms with Crippen LogP contribution in [0.1, 0.15) is 20.3 Å². The van der Waals surface area contributed by atoms with Gasteiger partial charge in [-0.05, 0) is 5.92 Å². The van der Waals surface area contributed by atoms with Crippen molar-refractivity contribution in [2.45, 2.75) is 26.3 Å². The van der Waals surface area contributed by atoms with Gasteiger partial charge < -0.3 is 10.4 Å². The van der Waals surface area contributed by atoms with Gasteiger partial charge in [0.1, 0.15) is 11.7 Å². The zero-order valence-electron chi connectivity index (χ0n) is 10.9. The Hall–Kier alpha value is -2.25. The molecule has 0 radical (unpaired) electrons. The lowest BCUT2D eigenvalue weighted by Crippen LogP contribution is -2.36. The number of nitrogens with zero attached hydrogens (tertiary/aromatic N) is 1. The number of benzene rings is 1. The number of nitrogens with one attached hydrogen (secondary N) is 1. The molecule has 0 amide bonds. The van der Waals surface area contributed by atoms with Crippen molar-refractivity contribution < 1.29 is 23.6 Å². The van der Waals surface area contributed by atoms with Crippen LogP contribution in [0.4, 0.5) is 20.2 Å². The van der Waals surface area contributed by atoms with Crippen LogP contribution >= 0.6 is 0 Å². The van der Waals surface area contributed by atoms with E-state index in [1.165, 1.54) is 0 Å². The normalized spacial score (nSPS) is 13.6. The number of hydrogen-bond acceptors (Lipinski definition) is 4. The zero-order valence-corrected chi connectivity index (χ0v) is 10.9. The van der Waals surface area contributed by atoms with Gasteiger partial charge in [-0.1, -0.05) is 20.3 Å². The number of anilines is 1. The Morgan fingerprint density at radius 2 is 1.95 bits per heavy atom. The Balaban J connectivity index is 3.14. The molecule has 2 N–H and O–H groups in total. The Bertz CT molecular complexity index is 513. The van der Waals surface area contributed by atoms with E-state index in [0.717, 1.165) is 0 Å². The van der Waals surface area contributed by atoms with Gasteiger partial charge in [0.05, 0.1) is 17.1 Å². The van der Waals surface area contributed by atoms with Gasteiger partial charge in [-0.25, -0.2) is 13.6 Å². The zero-order chi connectivity index (χ0) is 15.4. The molecule has 0 heterocycles. The maximum absolute atomic E-state index is 13.7. The SMILES string of the molecule is CC[C@H](C)[C@H](Nc1c(F)cc([N+](=O)[O-])cc1F)C(=O)O. The van der Waals surface area contributed by atoms with Gasteiger partial charge in [0, 0.05) is 0 Å². The highest BCUT2D eigenvalue weighted by atomic mass is 19.1. The van der Waals surface area contributed by atoms with Crippen molar-refractivity contribution in [2.75, 3.05) is 5.32 Å². The van der Waals surface area contributed by atoms with Crippen molar-refractivity contribution in [2.24, 2.45) is 5.92 Å². The van der Waals surface area contributed by atoms with Crippen LogP contribution in [0.3, 0.4) is 0 Å². The highest BCUT2D eigenvalue weighted by molar-refractivity contribution is 5.78. The van der Waals surface area contributed by atoms with Gasteiger partial charge in [-0.15, -0.1) is 0 Å². The molecular formula is C12H14F2N2O4. The van der Waals surface area contributed by atoms with E-state index in [1.54, 1.807) is 13.8 Å². The van der Waals surface area contributed by atoms with E-state index in [0.29, 0.717) is 18.6 Å². The molecule has 0 bridgehead atoms. The maximum Gasteiger partial charge on any atom is 0.326 e. The molecule has 0 aliphatic rings. The Morgan fingerprint density at radius 1 is 1.45 bits per heavy atom. The number of nitro benzene ring substituents is 1. The van der Waals surface area contributed by atoms with Crippen LogP contribution < -0.4 is 5.32 Å². The first kappa shape index (κ1) is 15.8. The molecule has 0 saturated carbocycles. The number of aliphatic carboxylic acids is 1. The summed E-state index contributed by atoms with van der Waals surface area (Å²) in [6.07, 6.45) is 0.486. The first-order chi connectivity index (χ1) is 9.27. The summed E-state index contributed by atoms with van der Waals surface area (Å²) in [7, 11) is 0. The molecule has 0 aromatic heterocycles. The summed E-state index contributed by atoms with van der Waals surface area (Å²) >= 11 is 0. The minimum atomic E-state index is -1.25. The van der Waals surface area contributed by atoms with Crippen molar-refractivity contribution in [3.63, 3.8) is 0 Å². The van der Waals surface area contributed by atoms with E-state index in [2.05, 4.69) is 5.32 Å². The number of nitro groups is 1. The fraction of sp³-hybridized carbons (Fsp3) is 0.417. The molecule has 1 aromatic rings. The number of carboxylic acid groups (broad SMARTS) is 1. The van der Waals surface area contributed by atoms with E-state index in [-0.39, 0.29) is 5.92 Å². The summed E-state index contributed by atoms with van der Waals surface area (Å²) in [4.78, 5) is 20.6. The minimum absolute atomic E-state index is 0.374. The van der Waals surface area contributed by atoms with E-state index in [4.69, 9.17) is 5.11 Å². The van der Waals surface area contributed by atoms with Crippen LogP contribution in [-0.4, -0.2) is 22.0 Å². The van der Waals surface area contributed by atoms with E-state index in [1.807, 2.05) is 0 Å². The first-order valence-electron chi connectivity index (χ1n) is 5.90. The lowest BCUT2D eigenvalue weighted by atomic mass is 9.99. The van der Waals surface area contributed by atoms with Crippen LogP contribution in [-0.2, 0) is 4.79 Å². The number of halogens is 2. The Morgan fingerprint density at radius 3 is 2.30 bits per heavy atom. The highest BCUT2D eigenvalue weighted by Crippen LogP contribution is 2.26. The van der Waals surface area contributed by atoms with Crippen LogP contribution in [0.2, 0.25) is 0 Å². The van der Waals surface area contributed by atoms with Crippen LogP contribution in [0.15, 0.2) is 12.1 Å². The van der Waals surface area contributed by atoms with Crippen molar-refractivity contribution in [3.8, 4) is 0 Å². The highest BCUT2D eigenvalue weighted by Gasteiger charge is 2.27. The second-order valence-corrected chi connectivity index (χ2v) is 4.39. The molecule has 8 heteroatoms. The Labute approximate surface area is 113 Å². The predicted molar refractivity (Wildman–Crippen MR) is 67.5 cm³/mol. The molecule has 1 aromatic carbocycles. The van der Waals surface area contributed by atoms with Gasteiger partial charge in [-0.2, -0.15) is 0 Å². The fourth-order valence-corrected chi connectivity index (χ4v) is 1.64. The molecule has 0 unspecified atom stereocenters. The summed E-state index contributed by atoms with van der Waals surface area (Å²) in [6, 6.07) is -0.104. The van der Waals surface area contributed by atoms with Gasteiger partial charge >= 0.3 is 5.97 Å². The van der Waals surface area contributed by atoms with Crippen LogP contribution in [0, 0.1) is 27.7 Å². The van der Waals surface area contributed by atoms with Crippen LogP contribution in [0.25, 0.3) is 0 Å². The number of carboxylic acids is 1. The van der Waals surface area contributed by atoms with Gasteiger partial charge in [-0.3, -0.25) is 10.1 Å². The fourth-order valence-electron chi connectivity index (χ4n) is 1.64. The standard InChI is InChI=1S/C12H14F2N2O4/c1-3-6(2)10(12(17)18)15-11-8(13)4-7(16(19)20)5-9(11)14/h4-6,10,15H,3H2,1-2H3,(H,17,18)/t6-,10-/m0/s1. The van der Waals surface area contributed by atoms with Crippen LogP contribution in [0.5, 0.6) is 0 Å². The smallest absolute Gasteiger partial charge is 0.326 e. The average Bonchev–Trinajstić information content (AvgIpc) is 2.36. The number of rotatable bonds is 6. The molecule has 0 saturated heterocycles.